The van der Waals surface area contributed by atoms with Crippen LogP contribution in [-0.4, -0.2) is 27.8 Å². The van der Waals surface area contributed by atoms with Crippen molar-refractivity contribution in [3.8, 4) is 0 Å². The fourth-order valence-corrected chi connectivity index (χ4v) is 3.60. The number of halogens is 1. The van der Waals surface area contributed by atoms with Crippen molar-refractivity contribution in [1.29, 1.82) is 0 Å². The van der Waals surface area contributed by atoms with E-state index in [9.17, 15) is 9.59 Å². The van der Waals surface area contributed by atoms with E-state index in [1.807, 2.05) is 12.1 Å². The van der Waals surface area contributed by atoms with Gasteiger partial charge in [-0.2, -0.15) is 0 Å². The second-order valence-corrected chi connectivity index (χ2v) is 7.23. The second kappa shape index (κ2) is 7.89. The molecule has 0 saturated carbocycles. The smallest absolute Gasteiger partial charge is 0.234 e. The summed E-state index contributed by atoms with van der Waals surface area (Å²) in [6.45, 7) is 2.06. The Balaban J connectivity index is 1.52. The van der Waals surface area contributed by atoms with Crippen LogP contribution in [0.25, 0.3) is 0 Å². The Kier molecular flexibility index (Phi) is 5.60. The first-order valence-corrected chi connectivity index (χ1v) is 9.32. The van der Waals surface area contributed by atoms with E-state index in [0.29, 0.717) is 5.69 Å². The van der Waals surface area contributed by atoms with Gasteiger partial charge in [0.1, 0.15) is 0 Å². The number of pyridine rings is 1. The van der Waals surface area contributed by atoms with Gasteiger partial charge in [-0.3, -0.25) is 9.59 Å². The first-order valence-electron chi connectivity index (χ1n) is 7.96. The van der Waals surface area contributed by atoms with Crippen molar-refractivity contribution >= 4 is 45.8 Å². The molecular weight excluding hydrogens is 358 g/mol. The average Bonchev–Trinajstić information content (AvgIpc) is 2.61. The van der Waals surface area contributed by atoms with Crippen LogP contribution in [0.5, 0.6) is 0 Å². The van der Waals surface area contributed by atoms with Gasteiger partial charge in [0.05, 0.1) is 17.5 Å². The number of fused-ring (bicyclic) bond motifs is 1. The number of thioether (sulfide) groups is 1. The topological polar surface area (TPSA) is 71.1 Å². The second-order valence-electron chi connectivity index (χ2n) is 5.89. The lowest BCUT2D eigenvalue weighted by atomic mass is 9.97. The van der Waals surface area contributed by atoms with Crippen molar-refractivity contribution in [3.05, 3.63) is 52.8 Å². The number of rotatable bonds is 4. The van der Waals surface area contributed by atoms with E-state index in [1.165, 1.54) is 11.1 Å². The number of aromatic nitrogens is 1. The van der Waals surface area contributed by atoms with Gasteiger partial charge in [0, 0.05) is 11.9 Å². The zero-order valence-corrected chi connectivity index (χ0v) is 15.3. The third kappa shape index (κ3) is 4.52. The van der Waals surface area contributed by atoms with E-state index in [4.69, 9.17) is 11.6 Å². The SMILES string of the molecule is Cc1ccc2c(c1)CCC(C(=O)SCC(=O)Nc1cccnc1Cl)N2. The fraction of sp³-hybridized carbons (Fsp3) is 0.278. The van der Waals surface area contributed by atoms with Gasteiger partial charge >= 0.3 is 0 Å². The fourth-order valence-electron chi connectivity index (χ4n) is 2.71. The molecule has 3 rings (SSSR count). The minimum atomic E-state index is -0.278. The molecule has 0 spiro atoms. The van der Waals surface area contributed by atoms with Crippen LogP contribution in [0.3, 0.4) is 0 Å². The monoisotopic (exact) mass is 375 g/mol. The molecule has 1 aromatic carbocycles. The van der Waals surface area contributed by atoms with Crippen LogP contribution in [0, 0.1) is 6.92 Å². The number of nitrogens with zero attached hydrogens (tertiary/aromatic N) is 1. The molecule has 2 heterocycles. The predicted octanol–water partition coefficient (Wildman–Crippen LogP) is 3.67. The van der Waals surface area contributed by atoms with E-state index in [1.54, 1.807) is 18.3 Å². The lowest BCUT2D eigenvalue weighted by Gasteiger charge is -2.26. The number of anilines is 2. The summed E-state index contributed by atoms with van der Waals surface area (Å²) in [7, 11) is 0. The van der Waals surface area contributed by atoms with E-state index in [0.717, 1.165) is 30.3 Å². The van der Waals surface area contributed by atoms with Crippen molar-refractivity contribution in [3.63, 3.8) is 0 Å². The maximum Gasteiger partial charge on any atom is 0.234 e. The molecule has 25 heavy (non-hydrogen) atoms. The molecule has 0 fully saturated rings. The predicted molar refractivity (Wildman–Crippen MR) is 102 cm³/mol. The molecule has 0 bridgehead atoms. The Hall–Kier alpha value is -2.05. The first-order chi connectivity index (χ1) is 12.0. The van der Waals surface area contributed by atoms with Crippen LogP contribution in [0.1, 0.15) is 17.5 Å². The van der Waals surface area contributed by atoms with Crippen LogP contribution in [-0.2, 0) is 16.0 Å². The highest BCUT2D eigenvalue weighted by Gasteiger charge is 2.24. The molecule has 1 aromatic heterocycles. The largest absolute Gasteiger partial charge is 0.374 e. The molecule has 1 aliphatic heterocycles. The summed E-state index contributed by atoms with van der Waals surface area (Å²) >= 11 is 6.92. The molecule has 0 aliphatic carbocycles. The molecule has 0 radical (unpaired) electrons. The molecule has 1 aliphatic rings. The third-order valence-electron chi connectivity index (χ3n) is 3.96. The highest BCUT2D eigenvalue weighted by molar-refractivity contribution is 8.14. The number of hydrogen-bond acceptors (Lipinski definition) is 5. The summed E-state index contributed by atoms with van der Waals surface area (Å²) < 4.78 is 0. The molecule has 130 valence electrons. The van der Waals surface area contributed by atoms with Crippen molar-refractivity contribution in [1.82, 2.24) is 4.98 Å². The van der Waals surface area contributed by atoms with E-state index in [-0.39, 0.29) is 28.0 Å². The van der Waals surface area contributed by atoms with Crippen molar-refractivity contribution in [2.24, 2.45) is 0 Å². The maximum atomic E-state index is 12.4. The molecule has 1 unspecified atom stereocenters. The number of nitrogens with one attached hydrogen (secondary N) is 2. The molecule has 2 aromatic rings. The summed E-state index contributed by atoms with van der Waals surface area (Å²) in [6.07, 6.45) is 3.14. The van der Waals surface area contributed by atoms with Crippen molar-refractivity contribution in [2.75, 3.05) is 16.4 Å². The zero-order chi connectivity index (χ0) is 17.8. The van der Waals surface area contributed by atoms with Crippen LogP contribution in [0.15, 0.2) is 36.5 Å². The van der Waals surface area contributed by atoms with E-state index in [2.05, 4.69) is 28.6 Å². The molecule has 1 amide bonds. The molecule has 1 atom stereocenters. The number of aryl methyl sites for hydroxylation is 2. The van der Waals surface area contributed by atoms with Crippen molar-refractivity contribution < 1.29 is 9.59 Å². The van der Waals surface area contributed by atoms with E-state index < -0.39 is 0 Å². The minimum absolute atomic E-state index is 0.0290. The van der Waals surface area contributed by atoms with Gasteiger partial charge in [0.25, 0.3) is 0 Å². The lowest BCUT2D eigenvalue weighted by molar-refractivity contribution is -0.115. The third-order valence-corrected chi connectivity index (χ3v) is 5.23. The Morgan fingerprint density at radius 2 is 2.24 bits per heavy atom. The van der Waals surface area contributed by atoms with Crippen LogP contribution in [0.4, 0.5) is 11.4 Å². The van der Waals surface area contributed by atoms with Gasteiger partial charge in [0.15, 0.2) is 5.15 Å². The number of hydrogen-bond donors (Lipinski definition) is 2. The standard InChI is InChI=1S/C18H18ClN3O2S/c1-11-4-6-13-12(9-11)5-7-15(21-13)18(24)25-10-16(23)22-14-3-2-8-20-17(14)19/h2-4,6,8-9,15,21H,5,7,10H2,1H3,(H,22,23). The van der Waals surface area contributed by atoms with Crippen LogP contribution < -0.4 is 10.6 Å². The Morgan fingerprint density at radius 1 is 1.40 bits per heavy atom. The summed E-state index contributed by atoms with van der Waals surface area (Å²) in [5, 5.41) is 6.14. The first kappa shape index (κ1) is 17.8. The Morgan fingerprint density at radius 3 is 3.04 bits per heavy atom. The van der Waals surface area contributed by atoms with Gasteiger partial charge in [-0.05, 0) is 43.5 Å². The molecular formula is C18H18ClN3O2S. The van der Waals surface area contributed by atoms with Crippen LogP contribution >= 0.6 is 23.4 Å². The molecule has 2 N–H and O–H groups in total. The number of carbonyl (C=O) groups is 2. The van der Waals surface area contributed by atoms with Crippen LogP contribution in [0.2, 0.25) is 5.15 Å². The Bertz CT molecular complexity index is 813. The summed E-state index contributed by atoms with van der Waals surface area (Å²) in [5.74, 6) is -0.233. The van der Waals surface area contributed by atoms with Gasteiger partial charge in [-0.1, -0.05) is 41.1 Å². The lowest BCUT2D eigenvalue weighted by Crippen LogP contribution is -2.32. The number of benzene rings is 1. The van der Waals surface area contributed by atoms with E-state index >= 15 is 0 Å². The summed E-state index contributed by atoms with van der Waals surface area (Å²) in [4.78, 5) is 28.3. The van der Waals surface area contributed by atoms with Crippen molar-refractivity contribution in [2.45, 2.75) is 25.8 Å². The van der Waals surface area contributed by atoms with Gasteiger partial charge in [0.2, 0.25) is 11.0 Å². The normalized spacial score (nSPS) is 15.8. The number of carbonyl (C=O) groups excluding carboxylic acids is 2. The minimum Gasteiger partial charge on any atom is -0.374 e. The van der Waals surface area contributed by atoms with Gasteiger partial charge in [-0.25, -0.2) is 4.98 Å². The zero-order valence-electron chi connectivity index (χ0n) is 13.7. The highest BCUT2D eigenvalue weighted by Crippen LogP contribution is 2.27. The number of amides is 1. The van der Waals surface area contributed by atoms with Gasteiger partial charge < -0.3 is 10.6 Å². The van der Waals surface area contributed by atoms with Gasteiger partial charge in [-0.15, -0.1) is 0 Å². The maximum absolute atomic E-state index is 12.4. The Labute approximate surface area is 155 Å². The summed E-state index contributed by atoms with van der Waals surface area (Å²) in [6, 6.07) is 9.26. The quantitative estimate of drug-likeness (QED) is 0.798. The molecule has 0 saturated heterocycles. The molecule has 5 nitrogen and oxygen atoms in total. The highest BCUT2D eigenvalue weighted by atomic mass is 35.5. The molecule has 7 heteroatoms. The summed E-state index contributed by atoms with van der Waals surface area (Å²) in [5.41, 5.74) is 3.90. The average molecular weight is 376 g/mol.